The van der Waals surface area contributed by atoms with Crippen molar-refractivity contribution in [3.8, 4) is 11.5 Å². The van der Waals surface area contributed by atoms with E-state index in [1.165, 1.54) is 7.11 Å². The molecule has 1 saturated carbocycles. The van der Waals surface area contributed by atoms with Crippen LogP contribution in [0.15, 0.2) is 6.07 Å². The number of hydrogen-bond acceptors (Lipinski definition) is 6. The lowest BCUT2D eigenvalue weighted by molar-refractivity contribution is -0.118. The third-order valence-corrected chi connectivity index (χ3v) is 6.34. The van der Waals surface area contributed by atoms with Crippen LogP contribution in [-0.4, -0.2) is 56.6 Å². The van der Waals surface area contributed by atoms with Gasteiger partial charge in [0, 0.05) is 45.1 Å². The first-order valence-corrected chi connectivity index (χ1v) is 9.87. The number of esters is 1. The fourth-order valence-corrected chi connectivity index (χ4v) is 4.56. The summed E-state index contributed by atoms with van der Waals surface area (Å²) in [6.45, 7) is 5.00. The molecule has 0 unspecified atom stereocenters. The van der Waals surface area contributed by atoms with Crippen molar-refractivity contribution < 1.29 is 23.7 Å². The van der Waals surface area contributed by atoms with Gasteiger partial charge in [-0.3, -0.25) is 4.90 Å². The van der Waals surface area contributed by atoms with E-state index in [4.69, 9.17) is 30.5 Å². The fourth-order valence-electron chi connectivity index (χ4n) is 4.32. The zero-order valence-corrected chi connectivity index (χ0v) is 16.8. The number of fused-ring (bicyclic) bond motifs is 1. The molecule has 1 saturated heterocycles. The van der Waals surface area contributed by atoms with Crippen molar-refractivity contribution in [2.75, 3.05) is 33.9 Å². The highest BCUT2D eigenvalue weighted by Gasteiger charge is 2.47. The molecule has 2 fully saturated rings. The Kier molecular flexibility index (Phi) is 4.99. The van der Waals surface area contributed by atoms with Crippen LogP contribution in [0.5, 0.6) is 11.5 Å². The van der Waals surface area contributed by atoms with Crippen LogP contribution in [0, 0.1) is 12.8 Å². The standard InChI is InChI=1S/C20H26ClNO5/c1-12-15(19(23)25-3)8-16(21)18-17(12)26-20(27-18)6-4-13(5-7-20)9-22-10-14(11-22)24-2/h8,13-14H,4-7,9-11H2,1-3H3. The summed E-state index contributed by atoms with van der Waals surface area (Å²) in [4.78, 5) is 14.4. The Hall–Kier alpha value is -1.50. The van der Waals surface area contributed by atoms with Gasteiger partial charge in [-0.1, -0.05) is 11.6 Å². The van der Waals surface area contributed by atoms with Crippen LogP contribution in [0.2, 0.25) is 5.02 Å². The number of hydrogen-bond donors (Lipinski definition) is 0. The van der Waals surface area contributed by atoms with Crippen molar-refractivity contribution in [3.63, 3.8) is 0 Å². The largest absolute Gasteiger partial charge is 0.465 e. The maximum atomic E-state index is 12.0. The number of benzene rings is 1. The molecule has 1 aliphatic carbocycles. The average Bonchev–Trinajstić information content (AvgIpc) is 3.02. The van der Waals surface area contributed by atoms with E-state index in [0.717, 1.165) is 45.3 Å². The summed E-state index contributed by atoms with van der Waals surface area (Å²) >= 11 is 6.37. The lowest BCUT2D eigenvalue weighted by Crippen LogP contribution is -2.54. The first-order chi connectivity index (χ1) is 12.9. The number of carbonyl (C=O) groups is 1. The van der Waals surface area contributed by atoms with Crippen LogP contribution in [0.4, 0.5) is 0 Å². The topological polar surface area (TPSA) is 57.2 Å². The minimum Gasteiger partial charge on any atom is -0.465 e. The number of halogens is 1. The van der Waals surface area contributed by atoms with Crippen molar-refractivity contribution in [3.05, 3.63) is 22.2 Å². The first kappa shape index (κ1) is 18.8. The Morgan fingerprint density at radius 3 is 2.56 bits per heavy atom. The highest BCUT2D eigenvalue weighted by atomic mass is 35.5. The maximum absolute atomic E-state index is 12.0. The molecule has 0 amide bonds. The molecule has 2 heterocycles. The van der Waals surface area contributed by atoms with E-state index in [2.05, 4.69) is 4.90 Å². The Labute approximate surface area is 164 Å². The third-order valence-electron chi connectivity index (χ3n) is 6.06. The van der Waals surface area contributed by atoms with Crippen LogP contribution in [0.25, 0.3) is 0 Å². The van der Waals surface area contributed by atoms with Gasteiger partial charge in [-0.25, -0.2) is 4.79 Å². The highest BCUT2D eigenvalue weighted by molar-refractivity contribution is 6.32. The van der Waals surface area contributed by atoms with Gasteiger partial charge in [0.05, 0.1) is 23.8 Å². The van der Waals surface area contributed by atoms with Crippen LogP contribution >= 0.6 is 11.6 Å². The quantitative estimate of drug-likeness (QED) is 0.728. The van der Waals surface area contributed by atoms with E-state index < -0.39 is 11.8 Å². The monoisotopic (exact) mass is 395 g/mol. The smallest absolute Gasteiger partial charge is 0.338 e. The predicted octanol–water partition coefficient (Wildman–Crippen LogP) is 3.42. The second kappa shape index (κ2) is 7.15. The minimum atomic E-state index is -0.661. The number of likely N-dealkylation sites (tertiary alicyclic amines) is 1. The number of nitrogens with zero attached hydrogens (tertiary/aromatic N) is 1. The predicted molar refractivity (Wildman–Crippen MR) is 101 cm³/mol. The van der Waals surface area contributed by atoms with E-state index in [-0.39, 0.29) is 0 Å². The van der Waals surface area contributed by atoms with E-state index in [0.29, 0.717) is 39.7 Å². The lowest BCUT2D eigenvalue weighted by Gasteiger charge is -2.42. The fraction of sp³-hybridized carbons (Fsp3) is 0.650. The van der Waals surface area contributed by atoms with Gasteiger partial charge in [0.1, 0.15) is 0 Å². The molecule has 4 rings (SSSR count). The molecule has 0 N–H and O–H groups in total. The summed E-state index contributed by atoms with van der Waals surface area (Å²) in [7, 11) is 3.13. The average molecular weight is 396 g/mol. The number of rotatable bonds is 4. The number of ether oxygens (including phenoxy) is 4. The molecule has 0 aromatic heterocycles. The molecule has 0 radical (unpaired) electrons. The zero-order chi connectivity index (χ0) is 19.2. The second-order valence-electron chi connectivity index (χ2n) is 7.82. The molecule has 1 aromatic rings. The maximum Gasteiger partial charge on any atom is 0.338 e. The number of carbonyl (C=O) groups excluding carboxylic acids is 1. The van der Waals surface area contributed by atoms with Crippen molar-refractivity contribution in [2.24, 2.45) is 5.92 Å². The van der Waals surface area contributed by atoms with Crippen molar-refractivity contribution in [2.45, 2.75) is 44.5 Å². The van der Waals surface area contributed by atoms with E-state index in [1.54, 1.807) is 13.2 Å². The SMILES string of the molecule is COC(=O)c1cc(Cl)c2c(c1C)OC1(CCC(CN3CC(OC)C3)CC1)O2. The summed E-state index contributed by atoms with van der Waals surface area (Å²) in [5.41, 5.74) is 1.13. The van der Waals surface area contributed by atoms with E-state index >= 15 is 0 Å². The van der Waals surface area contributed by atoms with Crippen LogP contribution < -0.4 is 9.47 Å². The van der Waals surface area contributed by atoms with Crippen LogP contribution in [0.1, 0.15) is 41.6 Å². The molecular formula is C20H26ClNO5. The normalized spacial score (nSPS) is 27.6. The van der Waals surface area contributed by atoms with Crippen molar-refractivity contribution in [1.82, 2.24) is 4.90 Å². The number of methoxy groups -OCH3 is 2. The van der Waals surface area contributed by atoms with Gasteiger partial charge in [-0.05, 0) is 31.7 Å². The van der Waals surface area contributed by atoms with Gasteiger partial charge >= 0.3 is 5.97 Å². The van der Waals surface area contributed by atoms with E-state index in [1.807, 2.05) is 6.92 Å². The van der Waals surface area contributed by atoms with Gasteiger partial charge < -0.3 is 18.9 Å². The molecule has 2 aliphatic heterocycles. The van der Waals surface area contributed by atoms with E-state index in [9.17, 15) is 4.79 Å². The first-order valence-electron chi connectivity index (χ1n) is 9.49. The van der Waals surface area contributed by atoms with Crippen molar-refractivity contribution in [1.29, 1.82) is 0 Å². The molecule has 6 nitrogen and oxygen atoms in total. The van der Waals surface area contributed by atoms with Gasteiger partial charge in [0.15, 0.2) is 11.5 Å². The summed E-state index contributed by atoms with van der Waals surface area (Å²) in [6, 6.07) is 1.60. The molecule has 0 atom stereocenters. The minimum absolute atomic E-state index is 0.390. The third kappa shape index (κ3) is 3.39. The van der Waals surface area contributed by atoms with Crippen LogP contribution in [0.3, 0.4) is 0 Å². The Balaban J connectivity index is 1.42. The van der Waals surface area contributed by atoms with Gasteiger partial charge in [-0.15, -0.1) is 0 Å². The van der Waals surface area contributed by atoms with Gasteiger partial charge in [0.25, 0.3) is 5.79 Å². The van der Waals surface area contributed by atoms with Gasteiger partial charge in [0.2, 0.25) is 0 Å². The molecule has 1 spiro atoms. The highest BCUT2D eigenvalue weighted by Crippen LogP contribution is 2.52. The van der Waals surface area contributed by atoms with Crippen LogP contribution in [-0.2, 0) is 9.47 Å². The molecule has 1 aromatic carbocycles. The lowest BCUT2D eigenvalue weighted by atomic mass is 9.84. The molecule has 27 heavy (non-hydrogen) atoms. The zero-order valence-electron chi connectivity index (χ0n) is 16.0. The summed E-state index contributed by atoms with van der Waals surface area (Å²) in [5, 5.41) is 0.390. The summed E-state index contributed by atoms with van der Waals surface area (Å²) in [5.74, 6) is 0.685. The molecule has 3 aliphatic rings. The summed E-state index contributed by atoms with van der Waals surface area (Å²) < 4.78 is 22.7. The second-order valence-corrected chi connectivity index (χ2v) is 8.22. The molecular weight excluding hydrogens is 370 g/mol. The Morgan fingerprint density at radius 2 is 1.93 bits per heavy atom. The molecule has 7 heteroatoms. The summed E-state index contributed by atoms with van der Waals surface area (Å²) in [6.07, 6.45) is 4.12. The Morgan fingerprint density at radius 1 is 1.26 bits per heavy atom. The molecule has 148 valence electrons. The molecule has 0 bridgehead atoms. The Bertz CT molecular complexity index is 738. The van der Waals surface area contributed by atoms with Gasteiger partial charge in [-0.2, -0.15) is 0 Å². The van der Waals surface area contributed by atoms with Crippen molar-refractivity contribution >= 4 is 17.6 Å².